The van der Waals surface area contributed by atoms with E-state index in [-0.39, 0.29) is 17.2 Å². The van der Waals surface area contributed by atoms with Crippen molar-refractivity contribution in [2.75, 3.05) is 11.9 Å². The SMILES string of the molecule is CC(C)C(NC(=O)N(C)c1ccccc1C(=O)O)C(N)=O. The summed E-state index contributed by atoms with van der Waals surface area (Å²) >= 11 is 0. The number of primary amides is 1. The summed E-state index contributed by atoms with van der Waals surface area (Å²) in [6, 6.07) is 4.68. The molecule has 0 aliphatic rings. The molecule has 4 N–H and O–H groups in total. The maximum Gasteiger partial charge on any atom is 0.337 e. The van der Waals surface area contributed by atoms with Gasteiger partial charge in [-0.3, -0.25) is 9.69 Å². The zero-order valence-corrected chi connectivity index (χ0v) is 12.2. The van der Waals surface area contributed by atoms with Gasteiger partial charge in [0.2, 0.25) is 5.91 Å². The zero-order chi connectivity index (χ0) is 16.2. The number of benzene rings is 1. The van der Waals surface area contributed by atoms with E-state index in [0.29, 0.717) is 0 Å². The summed E-state index contributed by atoms with van der Waals surface area (Å²) in [6.45, 7) is 3.50. The Morgan fingerprint density at radius 2 is 1.81 bits per heavy atom. The van der Waals surface area contributed by atoms with E-state index in [0.717, 1.165) is 4.90 Å². The van der Waals surface area contributed by atoms with Crippen molar-refractivity contribution in [1.29, 1.82) is 0 Å². The van der Waals surface area contributed by atoms with Gasteiger partial charge < -0.3 is 16.2 Å². The van der Waals surface area contributed by atoms with Crippen LogP contribution in [0.5, 0.6) is 0 Å². The lowest BCUT2D eigenvalue weighted by atomic mass is 10.0. The molecule has 7 heteroatoms. The molecule has 0 aliphatic carbocycles. The standard InChI is InChI=1S/C14H19N3O4/c1-8(2)11(12(15)18)16-14(21)17(3)10-7-5-4-6-9(10)13(19)20/h4-8,11H,1-3H3,(H2,15,18)(H,16,21)(H,19,20). The van der Waals surface area contributed by atoms with E-state index in [9.17, 15) is 14.4 Å². The second kappa shape index (κ2) is 6.74. The van der Waals surface area contributed by atoms with Crippen LogP contribution in [0.3, 0.4) is 0 Å². The summed E-state index contributed by atoms with van der Waals surface area (Å²) in [5, 5.41) is 11.6. The lowest BCUT2D eigenvalue weighted by Crippen LogP contribution is -2.51. The number of carbonyl (C=O) groups is 3. The molecule has 0 heterocycles. The van der Waals surface area contributed by atoms with Crippen molar-refractivity contribution >= 4 is 23.6 Å². The number of urea groups is 1. The van der Waals surface area contributed by atoms with Crippen LogP contribution < -0.4 is 16.0 Å². The van der Waals surface area contributed by atoms with Crippen LogP contribution in [0.4, 0.5) is 10.5 Å². The Kier molecular flexibility index (Phi) is 5.29. The molecular weight excluding hydrogens is 274 g/mol. The van der Waals surface area contributed by atoms with Crippen LogP contribution >= 0.6 is 0 Å². The molecule has 1 atom stereocenters. The molecule has 1 unspecified atom stereocenters. The molecule has 0 fully saturated rings. The van der Waals surface area contributed by atoms with Gasteiger partial charge in [0.1, 0.15) is 6.04 Å². The molecule has 0 saturated heterocycles. The van der Waals surface area contributed by atoms with Gasteiger partial charge in [-0.25, -0.2) is 9.59 Å². The van der Waals surface area contributed by atoms with Crippen LogP contribution in [-0.2, 0) is 4.79 Å². The molecule has 0 spiro atoms. The van der Waals surface area contributed by atoms with Crippen molar-refractivity contribution in [2.24, 2.45) is 11.7 Å². The topological polar surface area (TPSA) is 113 Å². The first-order valence-corrected chi connectivity index (χ1v) is 6.41. The molecule has 0 radical (unpaired) electrons. The summed E-state index contributed by atoms with van der Waals surface area (Å²) in [5.74, 6) is -1.95. The molecule has 0 saturated carbocycles. The van der Waals surface area contributed by atoms with Crippen LogP contribution in [0, 0.1) is 5.92 Å². The van der Waals surface area contributed by atoms with E-state index < -0.39 is 23.9 Å². The number of aromatic carboxylic acids is 1. The van der Waals surface area contributed by atoms with Crippen molar-refractivity contribution in [3.63, 3.8) is 0 Å². The number of nitrogens with one attached hydrogen (secondary N) is 1. The second-order valence-electron chi connectivity index (χ2n) is 4.95. The number of para-hydroxylation sites is 1. The van der Waals surface area contributed by atoms with E-state index in [1.165, 1.54) is 19.2 Å². The highest BCUT2D eigenvalue weighted by molar-refractivity contribution is 6.02. The van der Waals surface area contributed by atoms with Crippen molar-refractivity contribution in [3.8, 4) is 0 Å². The normalized spacial score (nSPS) is 11.8. The Balaban J connectivity index is 2.98. The molecule has 0 aliphatic heterocycles. The highest BCUT2D eigenvalue weighted by atomic mass is 16.4. The minimum atomic E-state index is -1.14. The van der Waals surface area contributed by atoms with E-state index in [2.05, 4.69) is 5.32 Å². The van der Waals surface area contributed by atoms with Crippen molar-refractivity contribution in [2.45, 2.75) is 19.9 Å². The maximum absolute atomic E-state index is 12.2. The summed E-state index contributed by atoms with van der Waals surface area (Å²) in [4.78, 5) is 35.8. The third-order valence-corrected chi connectivity index (χ3v) is 3.05. The predicted octanol–water partition coefficient (Wildman–Crippen LogP) is 1.04. The molecule has 0 aromatic heterocycles. The van der Waals surface area contributed by atoms with Gasteiger partial charge in [-0.15, -0.1) is 0 Å². The van der Waals surface area contributed by atoms with Crippen LogP contribution in [0.1, 0.15) is 24.2 Å². The highest BCUT2D eigenvalue weighted by Gasteiger charge is 2.25. The van der Waals surface area contributed by atoms with Gasteiger partial charge in [-0.2, -0.15) is 0 Å². The van der Waals surface area contributed by atoms with Crippen molar-refractivity contribution in [3.05, 3.63) is 29.8 Å². The van der Waals surface area contributed by atoms with Crippen LogP contribution in [-0.4, -0.2) is 36.1 Å². The molecule has 1 rings (SSSR count). The lowest BCUT2D eigenvalue weighted by molar-refractivity contribution is -0.120. The molecule has 0 bridgehead atoms. The summed E-state index contributed by atoms with van der Waals surface area (Å²) in [5.41, 5.74) is 5.46. The minimum Gasteiger partial charge on any atom is -0.478 e. The number of amides is 3. The molecule has 1 aromatic rings. The number of nitrogens with two attached hydrogens (primary N) is 1. The quantitative estimate of drug-likeness (QED) is 0.752. The van der Waals surface area contributed by atoms with Gasteiger partial charge in [0.25, 0.3) is 0 Å². The molecular formula is C14H19N3O4. The van der Waals surface area contributed by atoms with Crippen molar-refractivity contribution in [1.82, 2.24) is 5.32 Å². The number of anilines is 1. The number of nitrogens with zero attached hydrogens (tertiary/aromatic N) is 1. The first-order chi connectivity index (χ1) is 9.75. The number of carboxylic acids is 1. The lowest BCUT2D eigenvalue weighted by Gasteiger charge is -2.24. The van der Waals surface area contributed by atoms with Crippen LogP contribution in [0.25, 0.3) is 0 Å². The minimum absolute atomic E-state index is 0.00433. The summed E-state index contributed by atoms with van der Waals surface area (Å²) in [7, 11) is 1.43. The first kappa shape index (κ1) is 16.5. The Hall–Kier alpha value is -2.57. The molecule has 3 amide bonds. The summed E-state index contributed by atoms with van der Waals surface area (Å²) in [6.07, 6.45) is 0. The number of rotatable bonds is 5. The average Bonchev–Trinajstić information content (AvgIpc) is 2.42. The Morgan fingerprint density at radius 3 is 2.29 bits per heavy atom. The number of carboxylic acid groups (broad SMARTS) is 1. The largest absolute Gasteiger partial charge is 0.478 e. The Morgan fingerprint density at radius 1 is 1.24 bits per heavy atom. The molecule has 21 heavy (non-hydrogen) atoms. The second-order valence-corrected chi connectivity index (χ2v) is 4.95. The Bertz CT molecular complexity index is 557. The van der Waals surface area contributed by atoms with E-state index >= 15 is 0 Å². The number of hydrogen-bond acceptors (Lipinski definition) is 3. The fraction of sp³-hybridized carbons (Fsp3) is 0.357. The first-order valence-electron chi connectivity index (χ1n) is 6.41. The van der Waals surface area contributed by atoms with Crippen molar-refractivity contribution < 1.29 is 19.5 Å². The smallest absolute Gasteiger partial charge is 0.337 e. The van der Waals surface area contributed by atoms with Gasteiger partial charge in [0.05, 0.1) is 11.3 Å². The van der Waals surface area contributed by atoms with Gasteiger partial charge in [-0.1, -0.05) is 26.0 Å². The number of hydrogen-bond donors (Lipinski definition) is 3. The monoisotopic (exact) mass is 293 g/mol. The maximum atomic E-state index is 12.2. The van der Waals surface area contributed by atoms with Crippen LogP contribution in [0.2, 0.25) is 0 Å². The average molecular weight is 293 g/mol. The molecule has 7 nitrogen and oxygen atoms in total. The van der Waals surface area contributed by atoms with Crippen LogP contribution in [0.15, 0.2) is 24.3 Å². The zero-order valence-electron chi connectivity index (χ0n) is 12.2. The third-order valence-electron chi connectivity index (χ3n) is 3.05. The fourth-order valence-electron chi connectivity index (χ4n) is 1.85. The summed E-state index contributed by atoms with van der Waals surface area (Å²) < 4.78 is 0. The van der Waals surface area contributed by atoms with E-state index in [4.69, 9.17) is 10.8 Å². The van der Waals surface area contributed by atoms with E-state index in [1.54, 1.807) is 26.0 Å². The van der Waals surface area contributed by atoms with Gasteiger partial charge in [-0.05, 0) is 18.1 Å². The van der Waals surface area contributed by atoms with E-state index in [1.807, 2.05) is 0 Å². The predicted molar refractivity (Wildman–Crippen MR) is 78.2 cm³/mol. The highest BCUT2D eigenvalue weighted by Crippen LogP contribution is 2.19. The van der Waals surface area contributed by atoms with Gasteiger partial charge in [0, 0.05) is 7.05 Å². The van der Waals surface area contributed by atoms with Gasteiger partial charge in [0.15, 0.2) is 0 Å². The van der Waals surface area contributed by atoms with Gasteiger partial charge >= 0.3 is 12.0 Å². The fourth-order valence-corrected chi connectivity index (χ4v) is 1.85. The number of carbonyl (C=O) groups excluding carboxylic acids is 2. The molecule has 1 aromatic carbocycles. The Labute approximate surface area is 122 Å². The third kappa shape index (κ3) is 3.95. The molecule has 114 valence electrons.